The minimum absolute atomic E-state index is 0.182. The lowest BCUT2D eigenvalue weighted by atomic mass is 10.2. The van der Waals surface area contributed by atoms with Gasteiger partial charge < -0.3 is 15.2 Å². The molecule has 6 nitrogen and oxygen atoms in total. The van der Waals surface area contributed by atoms with Crippen molar-refractivity contribution in [1.29, 1.82) is 0 Å². The summed E-state index contributed by atoms with van der Waals surface area (Å²) in [5.74, 6) is 0. The van der Waals surface area contributed by atoms with Crippen LogP contribution in [-0.2, 0) is 21.3 Å². The molecule has 0 bridgehead atoms. The summed E-state index contributed by atoms with van der Waals surface area (Å²) < 4.78 is 32.1. The predicted molar refractivity (Wildman–Crippen MR) is 79.4 cm³/mol. The second-order valence-electron chi connectivity index (χ2n) is 5.25. The molecule has 0 amide bonds. The molecule has 2 rings (SSSR count). The van der Waals surface area contributed by atoms with Crippen LogP contribution in [0.25, 0.3) is 0 Å². The number of rotatable bonds is 5. The van der Waals surface area contributed by atoms with Gasteiger partial charge in [0.25, 0.3) is 0 Å². The number of nitrogens with one attached hydrogen (secondary N) is 1. The summed E-state index contributed by atoms with van der Waals surface area (Å²) in [6.45, 7) is 2.80. The van der Waals surface area contributed by atoms with Crippen molar-refractivity contribution in [3.05, 3.63) is 29.8 Å². The van der Waals surface area contributed by atoms with Crippen LogP contribution in [0.5, 0.6) is 0 Å². The van der Waals surface area contributed by atoms with Gasteiger partial charge in [-0.05, 0) is 31.7 Å². The van der Waals surface area contributed by atoms with Crippen LogP contribution in [0, 0.1) is 0 Å². The number of hydrogen-bond acceptors (Lipinski definition) is 5. The van der Waals surface area contributed by atoms with Crippen LogP contribution < -0.4 is 5.32 Å². The molecule has 2 unspecified atom stereocenters. The largest absolute Gasteiger partial charge is 0.394 e. The van der Waals surface area contributed by atoms with Crippen molar-refractivity contribution < 1.29 is 18.3 Å². The molecule has 2 atom stereocenters. The molecule has 0 spiro atoms. The first-order valence-electron chi connectivity index (χ1n) is 6.97. The van der Waals surface area contributed by atoms with Crippen molar-refractivity contribution in [2.45, 2.75) is 30.6 Å². The topological polar surface area (TPSA) is 78.9 Å². The number of aliphatic hydroxyl groups is 1. The monoisotopic (exact) mass is 314 g/mol. The maximum absolute atomic E-state index is 12.6. The molecular formula is C14H22N2O4S. The summed E-state index contributed by atoms with van der Waals surface area (Å²) in [6.07, 6.45) is -0.693. The lowest BCUT2D eigenvalue weighted by molar-refractivity contribution is -0.0750. The highest BCUT2D eigenvalue weighted by atomic mass is 32.2. The highest BCUT2D eigenvalue weighted by Gasteiger charge is 2.33. The molecule has 118 valence electrons. The van der Waals surface area contributed by atoms with Crippen molar-refractivity contribution in [2.75, 3.05) is 26.7 Å². The van der Waals surface area contributed by atoms with Gasteiger partial charge in [0.05, 0.1) is 23.7 Å². The average molecular weight is 314 g/mol. The minimum atomic E-state index is -3.55. The van der Waals surface area contributed by atoms with Gasteiger partial charge in [-0.25, -0.2) is 8.42 Å². The first kappa shape index (κ1) is 16.4. The van der Waals surface area contributed by atoms with Crippen LogP contribution >= 0.6 is 0 Å². The van der Waals surface area contributed by atoms with Gasteiger partial charge in [0.15, 0.2) is 0 Å². The molecule has 0 saturated carbocycles. The maximum atomic E-state index is 12.6. The summed E-state index contributed by atoms with van der Waals surface area (Å²) in [6, 6.07) is 6.85. The van der Waals surface area contributed by atoms with Crippen LogP contribution in [0.3, 0.4) is 0 Å². The lowest BCUT2D eigenvalue weighted by Crippen LogP contribution is -2.50. The molecule has 1 aromatic carbocycles. The Morgan fingerprint density at radius 2 is 2.00 bits per heavy atom. The molecule has 7 heteroatoms. The van der Waals surface area contributed by atoms with Gasteiger partial charge in [-0.15, -0.1) is 0 Å². The van der Waals surface area contributed by atoms with Gasteiger partial charge in [0.2, 0.25) is 10.0 Å². The van der Waals surface area contributed by atoms with Gasteiger partial charge in [0, 0.05) is 19.6 Å². The zero-order valence-electron chi connectivity index (χ0n) is 12.3. The van der Waals surface area contributed by atoms with E-state index >= 15 is 0 Å². The SMILES string of the molecule is CNCc1ccc(S(=O)(=O)N2CC(C)OC(CO)C2)cc1. The Bertz CT molecular complexity index is 559. The normalized spacial score (nSPS) is 24.1. The third-order valence-corrected chi connectivity index (χ3v) is 5.28. The lowest BCUT2D eigenvalue weighted by Gasteiger charge is -2.35. The Morgan fingerprint density at radius 3 is 2.57 bits per heavy atom. The molecule has 1 aliphatic heterocycles. The Hall–Kier alpha value is -0.990. The molecule has 21 heavy (non-hydrogen) atoms. The van der Waals surface area contributed by atoms with E-state index in [1.54, 1.807) is 31.2 Å². The first-order chi connectivity index (χ1) is 9.97. The van der Waals surface area contributed by atoms with Crippen LogP contribution in [0.2, 0.25) is 0 Å². The number of hydrogen-bond donors (Lipinski definition) is 2. The standard InChI is InChI=1S/C14H22N2O4S/c1-11-8-16(9-13(10-17)20-11)21(18,19)14-5-3-12(4-6-14)7-15-2/h3-6,11,13,15,17H,7-10H2,1-2H3. The molecule has 1 fully saturated rings. The molecule has 1 aromatic rings. The van der Waals surface area contributed by atoms with Crippen molar-refractivity contribution >= 4 is 10.0 Å². The fourth-order valence-corrected chi connectivity index (χ4v) is 3.98. The second kappa shape index (κ2) is 6.85. The number of nitrogens with zero attached hydrogens (tertiary/aromatic N) is 1. The van der Waals surface area contributed by atoms with Crippen molar-refractivity contribution in [2.24, 2.45) is 0 Å². The Labute approximate surface area is 125 Å². The molecule has 0 aromatic heterocycles. The van der Waals surface area contributed by atoms with Gasteiger partial charge in [-0.3, -0.25) is 0 Å². The van der Waals surface area contributed by atoms with Crippen molar-refractivity contribution in [1.82, 2.24) is 9.62 Å². The van der Waals surface area contributed by atoms with Crippen LogP contribution in [0.4, 0.5) is 0 Å². The van der Waals surface area contributed by atoms with E-state index in [0.29, 0.717) is 13.1 Å². The van der Waals surface area contributed by atoms with E-state index in [4.69, 9.17) is 4.74 Å². The van der Waals surface area contributed by atoms with E-state index in [1.165, 1.54) is 4.31 Å². The minimum Gasteiger partial charge on any atom is -0.394 e. The molecule has 2 N–H and O–H groups in total. The molecule has 0 aliphatic carbocycles. The van der Waals surface area contributed by atoms with Crippen LogP contribution in [-0.4, -0.2) is 56.8 Å². The van der Waals surface area contributed by atoms with E-state index in [0.717, 1.165) is 5.56 Å². The fraction of sp³-hybridized carbons (Fsp3) is 0.571. The zero-order valence-corrected chi connectivity index (χ0v) is 13.1. The maximum Gasteiger partial charge on any atom is 0.243 e. The zero-order chi connectivity index (χ0) is 15.5. The van der Waals surface area contributed by atoms with Gasteiger partial charge in [-0.1, -0.05) is 12.1 Å². The molecular weight excluding hydrogens is 292 g/mol. The number of aliphatic hydroxyl groups excluding tert-OH is 1. The molecule has 1 saturated heterocycles. The molecule has 1 heterocycles. The smallest absolute Gasteiger partial charge is 0.243 e. The Kier molecular flexibility index (Phi) is 5.34. The highest BCUT2D eigenvalue weighted by molar-refractivity contribution is 7.89. The van der Waals surface area contributed by atoms with E-state index in [2.05, 4.69) is 5.32 Å². The number of benzene rings is 1. The third-order valence-electron chi connectivity index (χ3n) is 3.44. The van der Waals surface area contributed by atoms with Gasteiger partial charge in [-0.2, -0.15) is 4.31 Å². The van der Waals surface area contributed by atoms with E-state index in [1.807, 2.05) is 7.05 Å². The third kappa shape index (κ3) is 3.81. The molecule has 1 aliphatic rings. The number of ether oxygens (including phenoxy) is 1. The van der Waals surface area contributed by atoms with Crippen molar-refractivity contribution in [3.8, 4) is 0 Å². The van der Waals surface area contributed by atoms with E-state index in [-0.39, 0.29) is 24.2 Å². The predicted octanol–water partition coefficient (Wildman–Crippen LogP) is 0.176. The Balaban J connectivity index is 2.20. The van der Waals surface area contributed by atoms with Crippen LogP contribution in [0.1, 0.15) is 12.5 Å². The average Bonchev–Trinajstić information content (AvgIpc) is 2.47. The summed E-state index contributed by atoms with van der Waals surface area (Å²) in [7, 11) is -1.71. The van der Waals surface area contributed by atoms with E-state index in [9.17, 15) is 13.5 Å². The first-order valence-corrected chi connectivity index (χ1v) is 8.41. The number of morpholine rings is 1. The van der Waals surface area contributed by atoms with Crippen LogP contribution in [0.15, 0.2) is 29.2 Å². The quantitative estimate of drug-likeness (QED) is 0.810. The fourth-order valence-electron chi connectivity index (χ4n) is 2.43. The second-order valence-corrected chi connectivity index (χ2v) is 7.19. The summed E-state index contributed by atoms with van der Waals surface area (Å²) in [5, 5.41) is 12.2. The summed E-state index contributed by atoms with van der Waals surface area (Å²) in [5.41, 5.74) is 1.03. The number of sulfonamides is 1. The van der Waals surface area contributed by atoms with Gasteiger partial charge in [0.1, 0.15) is 0 Å². The summed E-state index contributed by atoms with van der Waals surface area (Å²) >= 11 is 0. The molecule has 0 radical (unpaired) electrons. The van der Waals surface area contributed by atoms with Crippen molar-refractivity contribution in [3.63, 3.8) is 0 Å². The highest BCUT2D eigenvalue weighted by Crippen LogP contribution is 2.21. The van der Waals surface area contributed by atoms with E-state index < -0.39 is 16.1 Å². The Morgan fingerprint density at radius 1 is 1.33 bits per heavy atom. The summed E-state index contributed by atoms with van der Waals surface area (Å²) in [4.78, 5) is 0.271. The van der Waals surface area contributed by atoms with Gasteiger partial charge >= 0.3 is 0 Å².